The third-order valence-corrected chi connectivity index (χ3v) is 7.39. The van der Waals surface area contributed by atoms with Gasteiger partial charge in [0.05, 0.1) is 0 Å². The molecule has 1 saturated carbocycles. The Kier molecular flexibility index (Phi) is 4.31. The Hall–Kier alpha value is -2.08. The Labute approximate surface area is 164 Å². The third kappa shape index (κ3) is 2.90. The van der Waals surface area contributed by atoms with Gasteiger partial charge in [0, 0.05) is 5.92 Å². The molecular weight excluding hydrogens is 324 g/mol. The van der Waals surface area contributed by atoms with Gasteiger partial charge in [0.15, 0.2) is 0 Å². The van der Waals surface area contributed by atoms with Crippen molar-refractivity contribution in [3.05, 3.63) is 95.1 Å². The monoisotopic (exact) mass is 354 g/mol. The van der Waals surface area contributed by atoms with Gasteiger partial charge in [0.2, 0.25) is 0 Å². The quantitative estimate of drug-likeness (QED) is 0.563. The van der Waals surface area contributed by atoms with Gasteiger partial charge in [-0.05, 0) is 71.1 Å². The first-order chi connectivity index (χ1) is 13.2. The second-order valence-electron chi connectivity index (χ2n) is 9.18. The van der Waals surface area contributed by atoms with Gasteiger partial charge in [-0.2, -0.15) is 0 Å². The van der Waals surface area contributed by atoms with E-state index >= 15 is 0 Å². The van der Waals surface area contributed by atoms with Crippen molar-refractivity contribution in [3.8, 4) is 0 Å². The lowest BCUT2D eigenvalue weighted by atomic mass is 9.76. The van der Waals surface area contributed by atoms with Gasteiger partial charge in [-0.3, -0.25) is 0 Å². The van der Waals surface area contributed by atoms with Crippen LogP contribution in [0.25, 0.3) is 0 Å². The Balaban J connectivity index is 1.56. The zero-order chi connectivity index (χ0) is 18.4. The van der Waals surface area contributed by atoms with Gasteiger partial charge in [0.25, 0.3) is 0 Å². The Morgan fingerprint density at radius 1 is 0.741 bits per heavy atom. The molecule has 0 amide bonds. The minimum Gasteiger partial charge on any atom is -0.0808 e. The number of benzene rings is 2. The maximum atomic E-state index is 2.44. The van der Waals surface area contributed by atoms with E-state index in [1.807, 2.05) is 0 Å². The van der Waals surface area contributed by atoms with E-state index in [1.165, 1.54) is 19.3 Å². The summed E-state index contributed by atoms with van der Waals surface area (Å²) >= 11 is 0. The van der Waals surface area contributed by atoms with Gasteiger partial charge in [-0.25, -0.2) is 0 Å². The normalized spacial score (nSPS) is 31.3. The molecule has 0 nitrogen and oxygen atoms in total. The molecule has 5 rings (SSSR count). The highest BCUT2D eigenvalue weighted by atomic mass is 14.4. The van der Waals surface area contributed by atoms with E-state index in [-0.39, 0.29) is 0 Å². The molecule has 2 aromatic rings. The second-order valence-corrected chi connectivity index (χ2v) is 9.18. The summed E-state index contributed by atoms with van der Waals surface area (Å²) in [4.78, 5) is 0. The topological polar surface area (TPSA) is 0 Å². The molecule has 27 heavy (non-hydrogen) atoms. The minimum atomic E-state index is 0.561. The molecule has 0 spiro atoms. The largest absolute Gasteiger partial charge is 0.0808 e. The number of hydrogen-bond donors (Lipinski definition) is 0. The van der Waals surface area contributed by atoms with Gasteiger partial charge < -0.3 is 0 Å². The molecule has 3 aliphatic rings. The Morgan fingerprint density at radius 2 is 1.33 bits per heavy atom. The summed E-state index contributed by atoms with van der Waals surface area (Å²) < 4.78 is 0. The summed E-state index contributed by atoms with van der Waals surface area (Å²) in [6.45, 7) is 4.82. The van der Waals surface area contributed by atoms with E-state index in [0.717, 1.165) is 11.8 Å². The van der Waals surface area contributed by atoms with Gasteiger partial charge in [-0.15, -0.1) is 0 Å². The van der Waals surface area contributed by atoms with Crippen molar-refractivity contribution in [2.75, 3.05) is 0 Å². The molecule has 0 heterocycles. The number of allylic oxidation sites excluding steroid dienone is 4. The lowest BCUT2D eigenvalue weighted by Crippen LogP contribution is -2.17. The molecule has 0 aliphatic heterocycles. The summed E-state index contributed by atoms with van der Waals surface area (Å²) in [6, 6.07) is 18.6. The smallest absolute Gasteiger partial charge is 0.0129 e. The fourth-order valence-electron chi connectivity index (χ4n) is 6.02. The number of rotatable bonds is 3. The Morgan fingerprint density at radius 3 is 2.00 bits per heavy atom. The lowest BCUT2D eigenvalue weighted by molar-refractivity contribution is 0.367. The summed E-state index contributed by atoms with van der Waals surface area (Å²) in [5, 5.41) is 0. The first-order valence-electron chi connectivity index (χ1n) is 10.7. The maximum absolute atomic E-state index is 2.44. The van der Waals surface area contributed by atoms with E-state index in [4.69, 9.17) is 0 Å². The van der Waals surface area contributed by atoms with Crippen LogP contribution in [-0.2, 0) is 6.42 Å². The minimum absolute atomic E-state index is 0.561. The first kappa shape index (κ1) is 17.0. The zero-order valence-corrected chi connectivity index (χ0v) is 16.5. The highest BCUT2D eigenvalue weighted by Crippen LogP contribution is 2.51. The molecule has 4 unspecified atom stereocenters. The highest BCUT2D eigenvalue weighted by molar-refractivity contribution is 5.47. The van der Waals surface area contributed by atoms with Gasteiger partial charge in [-0.1, -0.05) is 86.7 Å². The van der Waals surface area contributed by atoms with Gasteiger partial charge >= 0.3 is 0 Å². The van der Waals surface area contributed by atoms with Crippen LogP contribution in [0.1, 0.15) is 60.8 Å². The van der Waals surface area contributed by atoms with Crippen molar-refractivity contribution in [1.82, 2.24) is 0 Å². The average Bonchev–Trinajstić information content (AvgIpc) is 3.29. The predicted octanol–water partition coefficient (Wildman–Crippen LogP) is 6.88. The van der Waals surface area contributed by atoms with Crippen LogP contribution in [0.15, 0.2) is 72.8 Å². The molecule has 0 aromatic heterocycles. The van der Waals surface area contributed by atoms with Crippen LogP contribution in [0.2, 0.25) is 0 Å². The number of fused-ring (bicyclic) bond motifs is 2. The first-order valence-corrected chi connectivity index (χ1v) is 10.7. The van der Waals surface area contributed by atoms with Crippen molar-refractivity contribution < 1.29 is 0 Å². The molecule has 0 bridgehead atoms. The van der Waals surface area contributed by atoms with Crippen molar-refractivity contribution >= 4 is 0 Å². The molecule has 0 heteroatoms. The van der Waals surface area contributed by atoms with Crippen LogP contribution < -0.4 is 0 Å². The van der Waals surface area contributed by atoms with Crippen LogP contribution in [0.5, 0.6) is 0 Å². The highest BCUT2D eigenvalue weighted by Gasteiger charge is 2.39. The molecule has 4 atom stereocenters. The van der Waals surface area contributed by atoms with E-state index in [0.29, 0.717) is 23.7 Å². The maximum Gasteiger partial charge on any atom is 0.0129 e. The number of hydrogen-bond acceptors (Lipinski definition) is 0. The SMILES string of the molecule is CC(C)C1Cc2ccccc2C1c1ccccc1C1CC2C=CC=CC2C1. The molecule has 2 aromatic carbocycles. The van der Waals surface area contributed by atoms with Crippen molar-refractivity contribution in [2.45, 2.75) is 44.9 Å². The van der Waals surface area contributed by atoms with Crippen LogP contribution >= 0.6 is 0 Å². The van der Waals surface area contributed by atoms with E-state index in [9.17, 15) is 0 Å². The summed E-state index contributed by atoms with van der Waals surface area (Å²) in [6.07, 6.45) is 13.2. The molecule has 1 fully saturated rings. The molecule has 0 saturated heterocycles. The standard InChI is InChI=1S/C27H30/c1-18(2)26-17-21-11-5-6-13-24(21)27(26)25-14-8-7-12-23(25)22-15-19-9-3-4-10-20(19)16-22/h3-14,18-20,22,26-27H,15-17H2,1-2H3. The second kappa shape index (κ2) is 6.82. The molecule has 0 N–H and O–H groups in total. The van der Waals surface area contributed by atoms with Crippen LogP contribution in [0.3, 0.4) is 0 Å². The van der Waals surface area contributed by atoms with E-state index in [1.54, 1.807) is 22.3 Å². The molecule has 3 aliphatic carbocycles. The van der Waals surface area contributed by atoms with Crippen LogP contribution in [0.4, 0.5) is 0 Å². The fourth-order valence-corrected chi connectivity index (χ4v) is 6.02. The van der Waals surface area contributed by atoms with Crippen LogP contribution in [0, 0.1) is 23.7 Å². The summed E-state index contributed by atoms with van der Waals surface area (Å²) in [5.74, 6) is 4.16. The average molecular weight is 355 g/mol. The predicted molar refractivity (Wildman–Crippen MR) is 114 cm³/mol. The molecule has 138 valence electrons. The zero-order valence-electron chi connectivity index (χ0n) is 16.5. The van der Waals surface area contributed by atoms with Crippen LogP contribution in [-0.4, -0.2) is 0 Å². The molecule has 0 radical (unpaired) electrons. The van der Waals surface area contributed by atoms with Crippen molar-refractivity contribution in [3.63, 3.8) is 0 Å². The molecular formula is C27H30. The Bertz CT molecular complexity index is 864. The third-order valence-electron chi connectivity index (χ3n) is 7.39. The summed E-state index contributed by atoms with van der Waals surface area (Å²) in [7, 11) is 0. The van der Waals surface area contributed by atoms with E-state index < -0.39 is 0 Å². The van der Waals surface area contributed by atoms with E-state index in [2.05, 4.69) is 86.7 Å². The van der Waals surface area contributed by atoms with Crippen molar-refractivity contribution in [1.29, 1.82) is 0 Å². The fraction of sp³-hybridized carbons (Fsp3) is 0.407. The van der Waals surface area contributed by atoms with Crippen molar-refractivity contribution in [2.24, 2.45) is 23.7 Å². The van der Waals surface area contributed by atoms with Gasteiger partial charge in [0.1, 0.15) is 0 Å². The summed E-state index contributed by atoms with van der Waals surface area (Å²) in [5.41, 5.74) is 6.39. The lowest BCUT2D eigenvalue weighted by Gasteiger charge is -2.28.